The number of carbonyl (C=O) groups is 3. The second-order valence-corrected chi connectivity index (χ2v) is 28.8. The van der Waals surface area contributed by atoms with Gasteiger partial charge in [0.25, 0.3) is 17.7 Å². The molecular weight excluding hydrogens is 1390 g/mol. The van der Waals surface area contributed by atoms with Crippen molar-refractivity contribution < 1.29 is 56.0 Å². The Kier molecular flexibility index (Phi) is 19.9. The van der Waals surface area contributed by atoms with Gasteiger partial charge in [0.2, 0.25) is 0 Å². The summed E-state index contributed by atoms with van der Waals surface area (Å²) >= 11 is 13.7. The van der Waals surface area contributed by atoms with Gasteiger partial charge in [-0.25, -0.2) is 4.98 Å². The molecule has 0 radical (unpaired) electrons. The van der Waals surface area contributed by atoms with Gasteiger partial charge in [-0.2, -0.15) is 23.4 Å². The van der Waals surface area contributed by atoms with E-state index < -0.39 is 34.5 Å². The number of aromatic nitrogens is 6. The van der Waals surface area contributed by atoms with Crippen LogP contribution in [0.15, 0.2) is 158 Å². The smallest absolute Gasteiger partial charge is 0.419 e. The molecule has 0 bridgehead atoms. The van der Waals surface area contributed by atoms with Gasteiger partial charge in [0.1, 0.15) is 62.2 Å². The van der Waals surface area contributed by atoms with E-state index >= 15 is 0 Å². The molecule has 10 heterocycles. The number of amides is 3. The average Bonchev–Trinajstić information content (AvgIpc) is 1.45. The maximum absolute atomic E-state index is 13.8. The van der Waals surface area contributed by atoms with Gasteiger partial charge in [-0.05, 0) is 126 Å². The predicted molar refractivity (Wildman–Crippen MR) is 392 cm³/mol. The molecule has 19 nitrogen and oxygen atoms in total. The van der Waals surface area contributed by atoms with Crippen molar-refractivity contribution in [2.24, 2.45) is 14.1 Å². The SMILES string of the molecule is CCOc1cc(OCC)cc(C(=O)N2CCC3(CC2)Oc2ccccc2-c2c3cnn2C)c1.CN(C)CCOc1ccc(C(=O)N2CCC3(CC2)Oc2cc(Cl)ccc2-n2cccc23)cc1C(F)(F)F.Cc1nc(-c2ccc(Cl)cc2)sc1C(=O)N1CCC2(CC1)Oc1ccccc1-c1c2cnn1C. The van der Waals surface area contributed by atoms with Crippen molar-refractivity contribution in [2.75, 3.05) is 79.7 Å². The third kappa shape index (κ3) is 13.9. The largest absolute Gasteiger partial charge is 0.494 e. The van der Waals surface area contributed by atoms with Gasteiger partial charge >= 0.3 is 6.18 Å². The molecule has 6 aliphatic heterocycles. The monoisotopic (exact) mass is 1470 g/mol. The lowest BCUT2D eigenvalue weighted by Crippen LogP contribution is -2.50. The van der Waals surface area contributed by atoms with E-state index in [1.54, 1.807) is 29.2 Å². The van der Waals surface area contributed by atoms with Crippen LogP contribution in [0.25, 0.3) is 38.8 Å². The number of rotatable bonds is 12. The van der Waals surface area contributed by atoms with Crippen molar-refractivity contribution in [3.05, 3.63) is 212 Å². The zero-order chi connectivity index (χ0) is 72.8. The molecule has 16 rings (SSSR count). The Morgan fingerprint density at radius 2 is 1.11 bits per heavy atom. The number of halogens is 5. The number of piperidine rings is 3. The lowest BCUT2D eigenvalue weighted by Gasteiger charge is -2.45. The summed E-state index contributed by atoms with van der Waals surface area (Å²) in [6, 6.07) is 42.1. The number of fused-ring (bicyclic) bond motifs is 12. The summed E-state index contributed by atoms with van der Waals surface area (Å²) in [5.74, 6) is 2.99. The molecule has 540 valence electrons. The highest BCUT2D eigenvalue weighted by molar-refractivity contribution is 7.17. The highest BCUT2D eigenvalue weighted by Gasteiger charge is 2.49. The molecule has 0 N–H and O–H groups in total. The molecule has 0 saturated carbocycles. The molecule has 104 heavy (non-hydrogen) atoms. The van der Waals surface area contributed by atoms with E-state index in [0.717, 1.165) is 78.9 Å². The first-order chi connectivity index (χ1) is 50.1. The van der Waals surface area contributed by atoms with Crippen molar-refractivity contribution in [3.8, 4) is 73.3 Å². The molecule has 3 saturated heterocycles. The van der Waals surface area contributed by atoms with E-state index in [4.69, 9.17) is 51.6 Å². The summed E-state index contributed by atoms with van der Waals surface area (Å²) in [6.07, 6.45) is 4.98. The van der Waals surface area contributed by atoms with Crippen LogP contribution in [0.1, 0.15) is 111 Å². The van der Waals surface area contributed by atoms with Gasteiger partial charge in [-0.1, -0.05) is 59.6 Å². The zero-order valence-corrected chi connectivity index (χ0v) is 61.1. The third-order valence-electron chi connectivity index (χ3n) is 20.2. The van der Waals surface area contributed by atoms with Gasteiger partial charge < -0.3 is 52.6 Å². The summed E-state index contributed by atoms with van der Waals surface area (Å²) in [5, 5.41) is 11.1. The number of hydrogen-bond acceptors (Lipinski definition) is 14. The molecule has 6 aliphatic rings. The fraction of sp³-hybridized carbons (Fsp3) is 0.342. The Bertz CT molecular complexity index is 4830. The number of thiazole rings is 1. The Morgan fingerprint density at radius 1 is 0.587 bits per heavy atom. The lowest BCUT2D eigenvalue weighted by atomic mass is 9.81. The van der Waals surface area contributed by atoms with E-state index in [1.165, 1.54) is 23.5 Å². The van der Waals surface area contributed by atoms with Crippen LogP contribution in [-0.4, -0.2) is 146 Å². The molecule has 6 aromatic carbocycles. The van der Waals surface area contributed by atoms with Crippen LogP contribution in [0.5, 0.6) is 34.5 Å². The Balaban J connectivity index is 0.000000132. The van der Waals surface area contributed by atoms with Gasteiger partial charge in [-0.15, -0.1) is 11.3 Å². The maximum atomic E-state index is 13.8. The molecule has 3 spiro atoms. The second kappa shape index (κ2) is 29.0. The Labute approximate surface area is 615 Å². The van der Waals surface area contributed by atoms with Crippen molar-refractivity contribution >= 4 is 52.3 Å². The first kappa shape index (κ1) is 71.2. The van der Waals surface area contributed by atoms with Crippen molar-refractivity contribution in [2.45, 2.75) is 82.3 Å². The Morgan fingerprint density at radius 3 is 1.65 bits per heavy atom. The van der Waals surface area contributed by atoms with E-state index in [1.807, 2.05) is 177 Å². The first-order valence-corrected chi connectivity index (χ1v) is 36.4. The minimum Gasteiger partial charge on any atom is -0.494 e. The summed E-state index contributed by atoms with van der Waals surface area (Å²) in [6.45, 7) is 10.5. The van der Waals surface area contributed by atoms with E-state index in [0.29, 0.717) is 135 Å². The molecule has 10 aromatic rings. The van der Waals surface area contributed by atoms with Crippen LogP contribution in [-0.2, 0) is 37.1 Å². The minimum absolute atomic E-state index is 0.0185. The molecule has 0 unspecified atom stereocenters. The highest BCUT2D eigenvalue weighted by Crippen LogP contribution is 2.52. The molecule has 3 fully saturated rings. The van der Waals surface area contributed by atoms with Gasteiger partial charge in [0, 0.05) is 166 Å². The Hall–Kier alpha value is -9.81. The van der Waals surface area contributed by atoms with E-state index in [2.05, 4.69) is 31.9 Å². The third-order valence-corrected chi connectivity index (χ3v) is 21.9. The lowest BCUT2D eigenvalue weighted by molar-refractivity contribution is -0.139. The number of likely N-dealkylation sites (N-methyl/N-ethyl adjacent to an activating group) is 1. The number of aryl methyl sites for hydroxylation is 3. The first-order valence-electron chi connectivity index (χ1n) is 34.9. The summed E-state index contributed by atoms with van der Waals surface area (Å²) < 4.78 is 83.6. The van der Waals surface area contributed by atoms with Crippen LogP contribution in [0.2, 0.25) is 10.0 Å². The topological polar surface area (TPSA) is 173 Å². The molecular formula is C79H79Cl2F3N10O9S. The van der Waals surface area contributed by atoms with Crippen LogP contribution < -0.4 is 28.4 Å². The number of likely N-dealkylation sites (tertiary alicyclic amines) is 3. The zero-order valence-electron chi connectivity index (χ0n) is 58.8. The summed E-state index contributed by atoms with van der Waals surface area (Å²) in [7, 11) is 7.55. The normalized spacial score (nSPS) is 16.2. The van der Waals surface area contributed by atoms with Gasteiger partial charge in [-0.3, -0.25) is 23.7 Å². The standard InChI is InChI=1S/C27H27ClF3N3O3.C26H23ClN4O2S.C26H29N3O4/c1-32(2)14-15-36-22-8-5-18(16-20(22)27(29,30)31)25(35)33-12-9-26(10-13-33)24-4-3-11-34(24)21-7-6-19(28)17-23(21)37-26;1-16-23(34-24(29-16)17-7-9-18(27)10-8-17)25(32)31-13-11-26(12-14-31)20-15-28-30(2)22(20)19-5-3-4-6-21(19)33-26;1-4-31-19-14-18(15-20(16-19)32-5-2)25(30)29-12-10-26(11-13-29)22-17-27-28(3)24(22)21-8-6-7-9-23(21)33-26/h3-8,11,16-17H,9-10,12-15H2,1-2H3;3-10,15H,11-14H2,1-2H3;6-9,14-17H,4-5,10-13H2,1-3H3. The number of para-hydroxylation sites is 2. The van der Waals surface area contributed by atoms with Gasteiger partial charge in [0.05, 0.1) is 59.6 Å². The van der Waals surface area contributed by atoms with Crippen LogP contribution in [0, 0.1) is 6.92 Å². The van der Waals surface area contributed by atoms with E-state index in [9.17, 15) is 27.6 Å². The van der Waals surface area contributed by atoms with Crippen LogP contribution in [0.4, 0.5) is 13.2 Å². The molecule has 0 atom stereocenters. The van der Waals surface area contributed by atoms with Crippen molar-refractivity contribution in [1.29, 1.82) is 0 Å². The number of hydrogen-bond donors (Lipinski definition) is 0. The minimum atomic E-state index is -4.65. The number of ether oxygens (including phenoxy) is 6. The number of alkyl halides is 3. The molecule has 3 amide bonds. The van der Waals surface area contributed by atoms with E-state index in [-0.39, 0.29) is 29.7 Å². The highest BCUT2D eigenvalue weighted by atomic mass is 35.5. The van der Waals surface area contributed by atoms with Gasteiger partial charge in [0.15, 0.2) is 5.60 Å². The quantitative estimate of drug-likeness (QED) is 0.113. The number of carbonyl (C=O) groups excluding carboxylic acids is 3. The predicted octanol–water partition coefficient (Wildman–Crippen LogP) is 15.7. The second-order valence-electron chi connectivity index (χ2n) is 27.0. The van der Waals surface area contributed by atoms with Crippen molar-refractivity contribution in [1.82, 2.24) is 48.7 Å². The summed E-state index contributed by atoms with van der Waals surface area (Å²) in [4.78, 5) is 52.7. The average molecular weight is 1470 g/mol. The van der Waals surface area contributed by atoms with Crippen LogP contribution in [0.3, 0.4) is 0 Å². The molecule has 0 aliphatic carbocycles. The fourth-order valence-corrected chi connectivity index (χ4v) is 16.2. The van der Waals surface area contributed by atoms with Crippen LogP contribution >= 0.6 is 34.5 Å². The molecule has 4 aromatic heterocycles. The number of benzene rings is 6. The van der Waals surface area contributed by atoms with Crippen molar-refractivity contribution in [3.63, 3.8) is 0 Å². The summed E-state index contributed by atoms with van der Waals surface area (Å²) in [5.41, 5.74) is 8.16. The fourth-order valence-electron chi connectivity index (χ4n) is 14.9. The molecule has 25 heteroatoms. The maximum Gasteiger partial charge on any atom is 0.419 e. The number of nitrogens with zero attached hydrogens (tertiary/aromatic N) is 10.